The van der Waals surface area contributed by atoms with Crippen molar-refractivity contribution in [1.29, 1.82) is 0 Å². The molecule has 3 aromatic rings. The number of fused-ring (bicyclic) bond motifs is 2. The van der Waals surface area contributed by atoms with Crippen LogP contribution in [0, 0.1) is 0 Å². The number of hydrogen-bond donors (Lipinski definition) is 2. The molecule has 0 atom stereocenters. The summed E-state index contributed by atoms with van der Waals surface area (Å²) < 4.78 is 0. The van der Waals surface area contributed by atoms with Crippen LogP contribution in [0.1, 0.15) is 27.3 Å². The van der Waals surface area contributed by atoms with Crippen molar-refractivity contribution >= 4 is 28.1 Å². The predicted molar refractivity (Wildman–Crippen MR) is 95.5 cm³/mol. The summed E-state index contributed by atoms with van der Waals surface area (Å²) in [6.45, 7) is 0. The molecule has 4 rings (SSSR count). The van der Waals surface area contributed by atoms with E-state index < -0.39 is 0 Å². The van der Waals surface area contributed by atoms with Gasteiger partial charge in [0.05, 0.1) is 10.6 Å². The molecule has 0 bridgehead atoms. The number of aromatic nitrogens is 1. The van der Waals surface area contributed by atoms with Crippen molar-refractivity contribution in [3.05, 3.63) is 75.8 Å². The van der Waals surface area contributed by atoms with Gasteiger partial charge >= 0.3 is 0 Å². The molecule has 0 aliphatic heterocycles. The number of nitrogen functional groups attached to an aromatic ring is 1. The molecule has 0 saturated heterocycles. The summed E-state index contributed by atoms with van der Waals surface area (Å²) in [7, 11) is 0. The molecule has 0 saturated carbocycles. The van der Waals surface area contributed by atoms with Gasteiger partial charge in [-0.15, -0.1) is 0 Å². The van der Waals surface area contributed by atoms with E-state index in [-0.39, 0.29) is 5.75 Å². The second kappa shape index (κ2) is 5.56. The number of nitrogens with zero attached hydrogens (tertiary/aromatic N) is 1. The summed E-state index contributed by atoms with van der Waals surface area (Å²) in [5.41, 5.74) is 11.7. The highest BCUT2D eigenvalue weighted by Crippen LogP contribution is 2.39. The first-order valence-electron chi connectivity index (χ1n) is 7.55. The highest BCUT2D eigenvalue weighted by atomic mass is 32.1. The molecule has 0 radical (unpaired) electrons. The van der Waals surface area contributed by atoms with E-state index in [9.17, 15) is 5.11 Å². The average Bonchev–Trinajstić information content (AvgIpc) is 2.85. The molecule has 2 aromatic carbocycles. The van der Waals surface area contributed by atoms with Crippen LogP contribution in [0.2, 0.25) is 0 Å². The standard InChI is InChI=1S/C19H16N2OS/c20-19-21-17-9-8-13-5-1-2-7-15(13)16(18(17)23-19)11-12-4-3-6-14(22)10-12/h1-7,10-11,22H,8-9H2,(H2,20,21)/b16-11+. The quantitative estimate of drug-likeness (QED) is 0.709. The fourth-order valence-electron chi connectivity index (χ4n) is 3.05. The maximum atomic E-state index is 9.73. The number of nitrogens with two attached hydrogens (primary N) is 1. The van der Waals surface area contributed by atoms with Crippen molar-refractivity contribution in [2.75, 3.05) is 5.73 Å². The number of anilines is 1. The van der Waals surface area contributed by atoms with Crippen molar-refractivity contribution in [1.82, 2.24) is 4.98 Å². The zero-order valence-electron chi connectivity index (χ0n) is 12.5. The third kappa shape index (κ3) is 2.62. The lowest BCUT2D eigenvalue weighted by atomic mass is 9.97. The molecule has 1 aromatic heterocycles. The fourth-order valence-corrected chi connectivity index (χ4v) is 3.96. The number of thiazole rings is 1. The van der Waals surface area contributed by atoms with E-state index in [0.717, 1.165) is 34.5 Å². The minimum atomic E-state index is 0.269. The van der Waals surface area contributed by atoms with Crippen LogP contribution in [0.5, 0.6) is 5.75 Å². The Bertz CT molecular complexity index is 911. The van der Waals surface area contributed by atoms with Gasteiger partial charge in [-0.1, -0.05) is 47.7 Å². The second-order valence-corrected chi connectivity index (χ2v) is 6.67. The van der Waals surface area contributed by atoms with Crippen molar-refractivity contribution in [2.24, 2.45) is 0 Å². The topological polar surface area (TPSA) is 59.1 Å². The number of phenolic OH excluding ortho intramolecular Hbond substituents is 1. The summed E-state index contributed by atoms with van der Waals surface area (Å²) in [5.74, 6) is 0.269. The SMILES string of the molecule is Nc1nc2c(s1)/C(=C/c1cccc(O)c1)c1ccccc1CC2. The van der Waals surface area contributed by atoms with Crippen LogP contribution in [0.4, 0.5) is 5.13 Å². The number of aryl methyl sites for hydroxylation is 2. The molecule has 3 nitrogen and oxygen atoms in total. The van der Waals surface area contributed by atoms with Crippen LogP contribution in [0.25, 0.3) is 11.6 Å². The lowest BCUT2D eigenvalue weighted by molar-refractivity contribution is 0.475. The van der Waals surface area contributed by atoms with Gasteiger partial charge in [0.15, 0.2) is 5.13 Å². The van der Waals surface area contributed by atoms with E-state index in [1.165, 1.54) is 22.5 Å². The summed E-state index contributed by atoms with van der Waals surface area (Å²) in [5, 5.41) is 10.3. The number of hydrogen-bond acceptors (Lipinski definition) is 4. The van der Waals surface area contributed by atoms with Crippen molar-refractivity contribution in [3.8, 4) is 5.75 Å². The highest BCUT2D eigenvalue weighted by molar-refractivity contribution is 7.16. The third-order valence-electron chi connectivity index (χ3n) is 4.08. The van der Waals surface area contributed by atoms with Crippen LogP contribution < -0.4 is 5.73 Å². The maximum Gasteiger partial charge on any atom is 0.180 e. The van der Waals surface area contributed by atoms with Crippen LogP contribution in [-0.4, -0.2) is 10.1 Å². The molecule has 0 unspecified atom stereocenters. The lowest BCUT2D eigenvalue weighted by Crippen LogP contribution is -1.92. The van der Waals surface area contributed by atoms with Gasteiger partial charge < -0.3 is 10.8 Å². The van der Waals surface area contributed by atoms with E-state index in [1.807, 2.05) is 12.1 Å². The van der Waals surface area contributed by atoms with Crippen LogP contribution >= 0.6 is 11.3 Å². The van der Waals surface area contributed by atoms with E-state index in [0.29, 0.717) is 5.13 Å². The van der Waals surface area contributed by atoms with E-state index >= 15 is 0 Å². The molecule has 23 heavy (non-hydrogen) atoms. The Kier molecular flexibility index (Phi) is 3.39. The van der Waals surface area contributed by atoms with Crippen molar-refractivity contribution in [3.63, 3.8) is 0 Å². The Balaban J connectivity index is 1.96. The smallest absolute Gasteiger partial charge is 0.180 e. The summed E-state index contributed by atoms with van der Waals surface area (Å²) in [6.07, 6.45) is 3.97. The minimum Gasteiger partial charge on any atom is -0.508 e. The van der Waals surface area contributed by atoms with E-state index in [2.05, 4.69) is 35.3 Å². The van der Waals surface area contributed by atoms with Gasteiger partial charge in [0.1, 0.15) is 5.75 Å². The van der Waals surface area contributed by atoms with Crippen LogP contribution in [0.15, 0.2) is 48.5 Å². The van der Waals surface area contributed by atoms with Crippen molar-refractivity contribution in [2.45, 2.75) is 12.8 Å². The fraction of sp³-hybridized carbons (Fsp3) is 0.105. The lowest BCUT2D eigenvalue weighted by Gasteiger charge is -2.09. The first-order valence-corrected chi connectivity index (χ1v) is 8.37. The number of aromatic hydroxyl groups is 1. The highest BCUT2D eigenvalue weighted by Gasteiger charge is 2.21. The molecule has 0 fully saturated rings. The molecular formula is C19H16N2OS. The first-order chi connectivity index (χ1) is 11.2. The molecular weight excluding hydrogens is 304 g/mol. The molecule has 0 amide bonds. The molecule has 4 heteroatoms. The summed E-state index contributed by atoms with van der Waals surface area (Å²) in [4.78, 5) is 5.64. The molecule has 1 aliphatic rings. The summed E-state index contributed by atoms with van der Waals surface area (Å²) in [6, 6.07) is 15.7. The predicted octanol–water partition coefficient (Wildman–Crippen LogP) is 4.12. The number of rotatable bonds is 1. The minimum absolute atomic E-state index is 0.269. The molecule has 114 valence electrons. The molecule has 1 heterocycles. The molecule has 0 spiro atoms. The largest absolute Gasteiger partial charge is 0.508 e. The maximum absolute atomic E-state index is 9.73. The number of benzene rings is 2. The van der Waals surface area contributed by atoms with Gasteiger partial charge in [0.25, 0.3) is 0 Å². The second-order valence-electron chi connectivity index (χ2n) is 5.64. The Morgan fingerprint density at radius 1 is 1.09 bits per heavy atom. The van der Waals surface area contributed by atoms with Gasteiger partial charge in [-0.3, -0.25) is 0 Å². The van der Waals surface area contributed by atoms with Gasteiger partial charge in [0.2, 0.25) is 0 Å². The zero-order valence-corrected chi connectivity index (χ0v) is 13.3. The van der Waals surface area contributed by atoms with Gasteiger partial charge in [0, 0.05) is 5.57 Å². The van der Waals surface area contributed by atoms with Crippen LogP contribution in [-0.2, 0) is 12.8 Å². The van der Waals surface area contributed by atoms with E-state index in [1.54, 1.807) is 12.1 Å². The Hall–Kier alpha value is -2.59. The number of phenols is 1. The van der Waals surface area contributed by atoms with Gasteiger partial charge in [-0.05, 0) is 47.7 Å². The molecule has 1 aliphatic carbocycles. The Labute approximate surface area is 138 Å². The zero-order chi connectivity index (χ0) is 15.8. The first kappa shape index (κ1) is 14.0. The Morgan fingerprint density at radius 2 is 1.96 bits per heavy atom. The van der Waals surface area contributed by atoms with Crippen molar-refractivity contribution < 1.29 is 5.11 Å². The average molecular weight is 320 g/mol. The molecule has 3 N–H and O–H groups in total. The van der Waals surface area contributed by atoms with Gasteiger partial charge in [-0.25, -0.2) is 4.98 Å². The summed E-state index contributed by atoms with van der Waals surface area (Å²) >= 11 is 1.53. The Morgan fingerprint density at radius 3 is 2.83 bits per heavy atom. The van der Waals surface area contributed by atoms with Crippen LogP contribution in [0.3, 0.4) is 0 Å². The monoisotopic (exact) mass is 320 g/mol. The third-order valence-corrected chi connectivity index (χ3v) is 5.04. The van der Waals surface area contributed by atoms with E-state index in [4.69, 9.17) is 5.73 Å². The van der Waals surface area contributed by atoms with Gasteiger partial charge in [-0.2, -0.15) is 0 Å². The normalized spacial score (nSPS) is 15.0.